The summed E-state index contributed by atoms with van der Waals surface area (Å²) < 4.78 is 0. The van der Waals surface area contributed by atoms with Crippen LogP contribution in [0.3, 0.4) is 0 Å². The van der Waals surface area contributed by atoms with Gasteiger partial charge in [-0.15, -0.1) is 0 Å². The van der Waals surface area contributed by atoms with Crippen molar-refractivity contribution in [3.8, 4) is 0 Å². The first-order valence-corrected chi connectivity index (χ1v) is 10.2. The van der Waals surface area contributed by atoms with Crippen molar-refractivity contribution in [2.24, 2.45) is 5.92 Å². The molecule has 3 heteroatoms. The number of hydrogen-bond donors (Lipinski definition) is 0. The summed E-state index contributed by atoms with van der Waals surface area (Å²) in [6.45, 7) is 13.7. The zero-order valence-corrected chi connectivity index (χ0v) is 16.6. The summed E-state index contributed by atoms with van der Waals surface area (Å²) in [5.74, 6) is 0.938. The van der Waals surface area contributed by atoms with Crippen LogP contribution in [-0.4, -0.2) is 36.5 Å². The third-order valence-corrected chi connectivity index (χ3v) is 7.19. The van der Waals surface area contributed by atoms with E-state index in [9.17, 15) is 4.79 Å². The van der Waals surface area contributed by atoms with E-state index in [2.05, 4.69) is 43.5 Å². The number of amides is 1. The van der Waals surface area contributed by atoms with Crippen LogP contribution >= 0.6 is 0 Å². The molecule has 2 atom stereocenters. The van der Waals surface area contributed by atoms with E-state index in [0.717, 1.165) is 44.1 Å². The normalized spacial score (nSPS) is 28.4. The quantitative estimate of drug-likeness (QED) is 0.698. The molecular formula is C23H32N2O. The van der Waals surface area contributed by atoms with Gasteiger partial charge in [0, 0.05) is 30.6 Å². The third kappa shape index (κ3) is 2.90. The Morgan fingerprint density at radius 2 is 2.00 bits per heavy atom. The SMILES string of the molecule is C=C1CCC(C)C(N2CCC3(CC2)CN(C(C)=O)c2ccc(C)cc23)C1. The molecule has 2 heterocycles. The van der Waals surface area contributed by atoms with Crippen molar-refractivity contribution in [1.29, 1.82) is 0 Å². The van der Waals surface area contributed by atoms with E-state index >= 15 is 0 Å². The Kier molecular flexibility index (Phi) is 4.46. The zero-order valence-electron chi connectivity index (χ0n) is 16.6. The van der Waals surface area contributed by atoms with Crippen LogP contribution in [0.5, 0.6) is 0 Å². The molecule has 0 radical (unpaired) electrons. The van der Waals surface area contributed by atoms with Crippen molar-refractivity contribution < 1.29 is 4.79 Å². The summed E-state index contributed by atoms with van der Waals surface area (Å²) in [5, 5.41) is 0. The fraction of sp³-hybridized carbons (Fsp3) is 0.609. The summed E-state index contributed by atoms with van der Waals surface area (Å²) in [7, 11) is 0. The molecule has 3 aliphatic rings. The number of hydrogen-bond acceptors (Lipinski definition) is 2. The van der Waals surface area contributed by atoms with E-state index in [1.165, 1.54) is 36.0 Å². The summed E-state index contributed by atoms with van der Waals surface area (Å²) >= 11 is 0. The van der Waals surface area contributed by atoms with Gasteiger partial charge in [0.25, 0.3) is 0 Å². The molecule has 2 unspecified atom stereocenters. The molecule has 0 N–H and O–H groups in total. The van der Waals surface area contributed by atoms with Crippen molar-refractivity contribution in [2.75, 3.05) is 24.5 Å². The summed E-state index contributed by atoms with van der Waals surface area (Å²) in [4.78, 5) is 16.9. The smallest absolute Gasteiger partial charge is 0.223 e. The number of carbonyl (C=O) groups is 1. The molecule has 1 aliphatic carbocycles. The second-order valence-corrected chi connectivity index (χ2v) is 8.98. The minimum Gasteiger partial charge on any atom is -0.311 e. The van der Waals surface area contributed by atoms with Crippen molar-refractivity contribution in [3.05, 3.63) is 41.5 Å². The number of benzene rings is 1. The van der Waals surface area contributed by atoms with E-state index < -0.39 is 0 Å². The molecule has 140 valence electrons. The highest BCUT2D eigenvalue weighted by Crippen LogP contribution is 2.48. The lowest BCUT2D eigenvalue weighted by atomic mass is 9.72. The Balaban J connectivity index is 1.56. The lowest BCUT2D eigenvalue weighted by Crippen LogP contribution is -2.51. The van der Waals surface area contributed by atoms with E-state index in [-0.39, 0.29) is 11.3 Å². The Hall–Kier alpha value is -1.61. The Morgan fingerprint density at radius 1 is 1.27 bits per heavy atom. The molecule has 26 heavy (non-hydrogen) atoms. The standard InChI is InChI=1S/C23H32N2O/c1-16-6-8-21-20(13-16)23(15-25(21)19(4)26)9-11-24(12-10-23)22-14-17(2)5-7-18(22)3/h6,8,13,18,22H,2,5,7,9-12,14-15H2,1,3-4H3. The van der Waals surface area contributed by atoms with E-state index in [1.54, 1.807) is 6.92 Å². The number of carbonyl (C=O) groups excluding carboxylic acids is 1. The Morgan fingerprint density at radius 3 is 2.69 bits per heavy atom. The van der Waals surface area contributed by atoms with Crippen LogP contribution in [0.4, 0.5) is 5.69 Å². The van der Waals surface area contributed by atoms with Gasteiger partial charge in [-0.25, -0.2) is 0 Å². The van der Waals surface area contributed by atoms with Crippen molar-refractivity contribution in [1.82, 2.24) is 4.90 Å². The molecule has 1 spiro atoms. The van der Waals surface area contributed by atoms with Gasteiger partial charge in [0.2, 0.25) is 5.91 Å². The zero-order chi connectivity index (χ0) is 18.5. The minimum absolute atomic E-state index is 0.151. The molecule has 2 fully saturated rings. The van der Waals surface area contributed by atoms with Crippen LogP contribution in [-0.2, 0) is 10.2 Å². The fourth-order valence-corrected chi connectivity index (χ4v) is 5.49. The monoisotopic (exact) mass is 352 g/mol. The predicted molar refractivity (Wildman–Crippen MR) is 108 cm³/mol. The van der Waals surface area contributed by atoms with Crippen molar-refractivity contribution >= 4 is 11.6 Å². The molecule has 0 bridgehead atoms. The second kappa shape index (κ2) is 6.53. The number of anilines is 1. The first-order chi connectivity index (χ1) is 12.4. The fourth-order valence-electron chi connectivity index (χ4n) is 5.49. The van der Waals surface area contributed by atoms with Crippen LogP contribution in [0, 0.1) is 12.8 Å². The maximum atomic E-state index is 12.2. The van der Waals surface area contributed by atoms with Gasteiger partial charge in [-0.05, 0) is 69.7 Å². The third-order valence-electron chi connectivity index (χ3n) is 7.19. The number of piperidine rings is 1. The van der Waals surface area contributed by atoms with Gasteiger partial charge in [0.15, 0.2) is 0 Å². The van der Waals surface area contributed by atoms with Gasteiger partial charge < -0.3 is 4.90 Å². The van der Waals surface area contributed by atoms with Gasteiger partial charge in [0.05, 0.1) is 0 Å². The maximum absolute atomic E-state index is 12.2. The van der Waals surface area contributed by atoms with Gasteiger partial charge in [-0.2, -0.15) is 0 Å². The molecule has 1 amide bonds. The molecule has 1 aromatic carbocycles. The predicted octanol–water partition coefficient (Wildman–Crippen LogP) is 4.44. The van der Waals surface area contributed by atoms with Crippen LogP contribution in [0.15, 0.2) is 30.4 Å². The largest absolute Gasteiger partial charge is 0.311 e. The van der Waals surface area contributed by atoms with Gasteiger partial charge >= 0.3 is 0 Å². The summed E-state index contributed by atoms with van der Waals surface area (Å²) in [6.07, 6.45) is 5.97. The molecule has 0 aromatic heterocycles. The van der Waals surface area contributed by atoms with Gasteiger partial charge in [0.1, 0.15) is 0 Å². The molecule has 4 rings (SSSR count). The van der Waals surface area contributed by atoms with Gasteiger partial charge in [-0.1, -0.05) is 36.8 Å². The molecule has 1 saturated heterocycles. The van der Waals surface area contributed by atoms with Crippen molar-refractivity contribution in [2.45, 2.75) is 64.3 Å². The lowest BCUT2D eigenvalue weighted by Gasteiger charge is -2.46. The first kappa shape index (κ1) is 17.8. The number of fused-ring (bicyclic) bond motifs is 2. The van der Waals surface area contributed by atoms with E-state index in [4.69, 9.17) is 0 Å². The van der Waals surface area contributed by atoms with Crippen LogP contribution in [0.25, 0.3) is 0 Å². The summed E-state index contributed by atoms with van der Waals surface area (Å²) in [5.41, 5.74) is 5.44. The number of likely N-dealkylation sites (tertiary alicyclic amines) is 1. The molecular weight excluding hydrogens is 320 g/mol. The second-order valence-electron chi connectivity index (χ2n) is 8.98. The molecule has 2 aliphatic heterocycles. The van der Waals surface area contributed by atoms with E-state index in [0.29, 0.717) is 6.04 Å². The Labute approximate surface area is 158 Å². The molecule has 1 aromatic rings. The molecule has 3 nitrogen and oxygen atoms in total. The average Bonchev–Trinajstić information content (AvgIpc) is 2.92. The van der Waals surface area contributed by atoms with Crippen LogP contribution < -0.4 is 4.90 Å². The Bertz CT molecular complexity index is 730. The van der Waals surface area contributed by atoms with Crippen LogP contribution in [0.2, 0.25) is 0 Å². The lowest BCUT2D eigenvalue weighted by molar-refractivity contribution is -0.116. The van der Waals surface area contributed by atoms with E-state index in [1.807, 2.05) is 4.90 Å². The number of nitrogens with zero attached hydrogens (tertiary/aromatic N) is 2. The molecule has 1 saturated carbocycles. The highest BCUT2D eigenvalue weighted by Gasteiger charge is 2.46. The topological polar surface area (TPSA) is 23.6 Å². The van der Waals surface area contributed by atoms with Gasteiger partial charge in [-0.3, -0.25) is 9.69 Å². The average molecular weight is 353 g/mol. The number of aryl methyl sites for hydroxylation is 1. The maximum Gasteiger partial charge on any atom is 0.223 e. The first-order valence-electron chi connectivity index (χ1n) is 10.2. The number of rotatable bonds is 1. The highest BCUT2D eigenvalue weighted by molar-refractivity contribution is 5.94. The van der Waals surface area contributed by atoms with Crippen molar-refractivity contribution in [3.63, 3.8) is 0 Å². The van der Waals surface area contributed by atoms with Crippen LogP contribution in [0.1, 0.15) is 57.1 Å². The minimum atomic E-state index is 0.151. The highest BCUT2D eigenvalue weighted by atomic mass is 16.2. The summed E-state index contributed by atoms with van der Waals surface area (Å²) in [6, 6.07) is 7.29.